The minimum Gasteiger partial charge on any atom is -0.689 e. The molecule has 0 amide bonds. The van der Waals surface area contributed by atoms with Crippen molar-refractivity contribution < 1.29 is 4.18 Å². The fourth-order valence-corrected chi connectivity index (χ4v) is 0.433. The summed E-state index contributed by atoms with van der Waals surface area (Å²) in [7, 11) is 0. The van der Waals surface area contributed by atoms with Crippen molar-refractivity contribution in [1.29, 1.82) is 0 Å². The van der Waals surface area contributed by atoms with Crippen LogP contribution >= 0.6 is 11.1 Å². The molecular formula is C2H5OS2-. The molecule has 0 heterocycles. The van der Waals surface area contributed by atoms with Crippen LogP contribution in [0.2, 0.25) is 0 Å². The molecule has 1 nitrogen and oxygen atoms in total. The topological polar surface area (TPSA) is 9.23 Å². The van der Waals surface area contributed by atoms with Gasteiger partial charge in [-0.15, -0.1) is 0 Å². The van der Waals surface area contributed by atoms with E-state index in [1.165, 1.54) is 0 Å². The van der Waals surface area contributed by atoms with Crippen LogP contribution in [0.3, 0.4) is 0 Å². The van der Waals surface area contributed by atoms with Crippen LogP contribution in [-0.2, 0) is 15.8 Å². The first-order valence-corrected chi connectivity index (χ1v) is 3.00. The zero-order chi connectivity index (χ0) is 4.12. The predicted octanol–water partition coefficient (Wildman–Crippen LogP) is 1.13. The van der Waals surface area contributed by atoms with Gasteiger partial charge in [-0.25, -0.2) is 0 Å². The van der Waals surface area contributed by atoms with Gasteiger partial charge in [0, 0.05) is 0 Å². The van der Waals surface area contributed by atoms with Gasteiger partial charge >= 0.3 is 0 Å². The van der Waals surface area contributed by atoms with Gasteiger partial charge in [-0.05, 0) is 6.92 Å². The van der Waals surface area contributed by atoms with Gasteiger partial charge in [0.1, 0.15) is 0 Å². The fourth-order valence-electron chi connectivity index (χ4n) is 0.0481. The highest BCUT2D eigenvalue weighted by atomic mass is 33.1. The smallest absolute Gasteiger partial charge is 0.0560 e. The van der Waals surface area contributed by atoms with Crippen LogP contribution in [0, 0.1) is 0 Å². The summed E-state index contributed by atoms with van der Waals surface area (Å²) < 4.78 is 4.56. The van der Waals surface area contributed by atoms with Gasteiger partial charge < -0.3 is 15.8 Å². The third-order valence-electron chi connectivity index (χ3n) is 0.166. The third kappa shape index (κ3) is 4.66. The summed E-state index contributed by atoms with van der Waals surface area (Å²) >= 11 is 5.33. The normalized spacial score (nSPS) is 8.40. The predicted molar refractivity (Wildman–Crippen MR) is 26.6 cm³/mol. The maximum atomic E-state index is 4.56. The van der Waals surface area contributed by atoms with Gasteiger partial charge in [-0.3, -0.25) is 0 Å². The molecule has 0 aliphatic rings. The Morgan fingerprint density at radius 1 is 2.00 bits per heavy atom. The molecule has 0 radical (unpaired) electrons. The molecular weight excluding hydrogens is 104 g/mol. The molecule has 0 bridgehead atoms. The molecule has 0 N–H and O–H groups in total. The average Bonchev–Trinajstić information content (AvgIpc) is 1.41. The van der Waals surface area contributed by atoms with Crippen molar-refractivity contribution in [3.05, 3.63) is 0 Å². The molecule has 0 aliphatic heterocycles. The Bertz CT molecular complexity index is 15.1. The van der Waals surface area contributed by atoms with Crippen molar-refractivity contribution in [2.75, 3.05) is 6.61 Å². The Kier molecular flexibility index (Phi) is 5.28. The van der Waals surface area contributed by atoms with Gasteiger partial charge in [0.15, 0.2) is 0 Å². The summed E-state index contributed by atoms with van der Waals surface area (Å²) in [5.41, 5.74) is 0. The summed E-state index contributed by atoms with van der Waals surface area (Å²) in [6.45, 7) is 2.60. The molecule has 0 aliphatic carbocycles. The van der Waals surface area contributed by atoms with Crippen LogP contribution in [0.25, 0.3) is 0 Å². The first-order valence-electron chi connectivity index (χ1n) is 1.33. The Morgan fingerprint density at radius 3 is 2.60 bits per heavy atom. The van der Waals surface area contributed by atoms with Crippen molar-refractivity contribution in [2.45, 2.75) is 6.92 Å². The van der Waals surface area contributed by atoms with Gasteiger partial charge in [-0.2, -0.15) is 11.1 Å². The Balaban J connectivity index is 2.19. The fraction of sp³-hybridized carbons (Fsp3) is 1.00. The first kappa shape index (κ1) is 5.66. The lowest BCUT2D eigenvalue weighted by Gasteiger charge is -1.98. The van der Waals surface area contributed by atoms with Gasteiger partial charge in [0.05, 0.1) is 6.61 Å². The largest absolute Gasteiger partial charge is 0.689 e. The molecule has 0 saturated heterocycles. The van der Waals surface area contributed by atoms with E-state index in [1.807, 2.05) is 6.92 Å². The van der Waals surface area contributed by atoms with Crippen LogP contribution in [0.15, 0.2) is 0 Å². The third-order valence-corrected chi connectivity index (χ3v) is 0.787. The van der Waals surface area contributed by atoms with E-state index < -0.39 is 0 Å². The van der Waals surface area contributed by atoms with E-state index in [-0.39, 0.29) is 0 Å². The molecule has 0 atom stereocenters. The standard InChI is InChI=1S/C2H6OS2/c1-2-3-5-4/h4H,2H2,1H3/p-1. The minimum absolute atomic E-state index is 0.703. The van der Waals surface area contributed by atoms with E-state index in [2.05, 4.69) is 15.8 Å². The van der Waals surface area contributed by atoms with Gasteiger partial charge in [-0.1, -0.05) is 0 Å². The zero-order valence-corrected chi connectivity index (χ0v) is 4.56. The molecule has 0 fully saturated rings. The molecule has 5 heavy (non-hydrogen) atoms. The molecule has 0 aromatic carbocycles. The van der Waals surface area contributed by atoms with Gasteiger partial charge in [0.25, 0.3) is 0 Å². The second-order valence-electron chi connectivity index (χ2n) is 0.475. The second-order valence-corrected chi connectivity index (χ2v) is 1.25. The average molecular weight is 109 g/mol. The van der Waals surface area contributed by atoms with Crippen molar-refractivity contribution >= 4 is 22.7 Å². The highest BCUT2D eigenvalue weighted by Crippen LogP contribution is 1.92. The van der Waals surface area contributed by atoms with E-state index in [1.54, 1.807) is 0 Å². The highest BCUT2D eigenvalue weighted by molar-refractivity contribution is 8.56. The lowest BCUT2D eigenvalue weighted by atomic mass is 10.9. The zero-order valence-electron chi connectivity index (χ0n) is 2.93. The number of hydrogen-bond acceptors (Lipinski definition) is 3. The lowest BCUT2D eigenvalue weighted by Crippen LogP contribution is -1.69. The molecule has 32 valence electrons. The summed E-state index contributed by atoms with van der Waals surface area (Å²) in [5.74, 6) is 0. The van der Waals surface area contributed by atoms with Crippen molar-refractivity contribution in [3.63, 3.8) is 0 Å². The number of hydrogen-bond donors (Lipinski definition) is 0. The van der Waals surface area contributed by atoms with Crippen LogP contribution < -0.4 is 0 Å². The maximum Gasteiger partial charge on any atom is 0.0560 e. The van der Waals surface area contributed by atoms with Crippen molar-refractivity contribution in [2.24, 2.45) is 0 Å². The lowest BCUT2D eigenvalue weighted by molar-refractivity contribution is 0.408. The SMILES string of the molecule is CCOS[S-]. The van der Waals surface area contributed by atoms with Crippen LogP contribution in [0.1, 0.15) is 6.92 Å². The highest BCUT2D eigenvalue weighted by Gasteiger charge is 1.56. The quantitative estimate of drug-likeness (QED) is 0.299. The van der Waals surface area contributed by atoms with E-state index in [0.717, 1.165) is 11.1 Å². The molecule has 0 unspecified atom stereocenters. The summed E-state index contributed by atoms with van der Waals surface area (Å²) in [6, 6.07) is 0. The van der Waals surface area contributed by atoms with Crippen LogP contribution in [0.5, 0.6) is 0 Å². The Hall–Kier alpha value is 0.660. The van der Waals surface area contributed by atoms with Crippen LogP contribution in [-0.4, -0.2) is 6.61 Å². The Labute approximate surface area is 41.1 Å². The minimum atomic E-state index is 0.703. The van der Waals surface area contributed by atoms with Gasteiger partial charge in [0.2, 0.25) is 0 Å². The molecule has 0 aromatic rings. The van der Waals surface area contributed by atoms with E-state index in [9.17, 15) is 0 Å². The summed E-state index contributed by atoms with van der Waals surface area (Å²) in [4.78, 5) is 0. The maximum absolute atomic E-state index is 4.56. The van der Waals surface area contributed by atoms with Crippen molar-refractivity contribution in [1.82, 2.24) is 0 Å². The molecule has 3 heteroatoms. The summed E-state index contributed by atoms with van der Waals surface area (Å²) in [6.07, 6.45) is 0. The molecule has 0 aromatic heterocycles. The van der Waals surface area contributed by atoms with E-state index in [0.29, 0.717) is 6.61 Å². The molecule has 0 saturated carbocycles. The molecule has 0 spiro atoms. The summed E-state index contributed by atoms with van der Waals surface area (Å²) in [5, 5.41) is 0. The monoisotopic (exact) mass is 109 g/mol. The van der Waals surface area contributed by atoms with E-state index >= 15 is 0 Å². The first-order chi connectivity index (χ1) is 2.41. The number of rotatable bonds is 2. The van der Waals surface area contributed by atoms with Crippen LogP contribution in [0.4, 0.5) is 0 Å². The van der Waals surface area contributed by atoms with Crippen molar-refractivity contribution in [3.8, 4) is 0 Å². The second kappa shape index (κ2) is 4.66. The Morgan fingerprint density at radius 2 is 2.60 bits per heavy atom. The van der Waals surface area contributed by atoms with E-state index in [4.69, 9.17) is 0 Å². The molecule has 0 rings (SSSR count).